The van der Waals surface area contributed by atoms with Crippen LogP contribution in [-0.4, -0.2) is 23.5 Å². The summed E-state index contributed by atoms with van der Waals surface area (Å²) in [6, 6.07) is 11.6. The molecule has 0 radical (unpaired) electrons. The topological polar surface area (TPSA) is 71.2 Å². The molecule has 1 amide bonds. The van der Waals surface area contributed by atoms with Gasteiger partial charge in [0.1, 0.15) is 0 Å². The Morgan fingerprint density at radius 1 is 1.26 bits per heavy atom. The predicted molar refractivity (Wildman–Crippen MR) is 89.7 cm³/mol. The lowest BCUT2D eigenvalue weighted by Crippen LogP contribution is -2.36. The molecule has 2 N–H and O–H groups in total. The summed E-state index contributed by atoms with van der Waals surface area (Å²) < 4.78 is 5.34. The fraction of sp³-hybridized carbons (Fsp3) is 0.333. The number of hydrogen-bond acceptors (Lipinski definition) is 3. The second-order valence-electron chi connectivity index (χ2n) is 5.58. The summed E-state index contributed by atoms with van der Waals surface area (Å²) in [6.07, 6.45) is 3.30. The molecule has 1 heterocycles. The zero-order valence-corrected chi connectivity index (χ0v) is 13.5. The Kier molecular flexibility index (Phi) is 5.97. The molecule has 1 atom stereocenters. The molecule has 1 aromatic carbocycles. The molecular formula is C18H22N2O3. The van der Waals surface area contributed by atoms with Crippen molar-refractivity contribution in [3.05, 3.63) is 64.1 Å². The van der Waals surface area contributed by atoms with Crippen LogP contribution in [0.15, 0.2) is 47.4 Å². The highest BCUT2D eigenvalue weighted by Gasteiger charge is 2.11. The number of benzene rings is 1. The van der Waals surface area contributed by atoms with Crippen LogP contribution in [0.1, 0.15) is 24.6 Å². The van der Waals surface area contributed by atoms with Crippen LogP contribution in [-0.2, 0) is 11.2 Å². The number of aromatic nitrogens is 1. The lowest BCUT2D eigenvalue weighted by atomic mass is 10.1. The van der Waals surface area contributed by atoms with Gasteiger partial charge in [-0.3, -0.25) is 9.59 Å². The summed E-state index contributed by atoms with van der Waals surface area (Å²) in [4.78, 5) is 26.5. The van der Waals surface area contributed by atoms with Gasteiger partial charge in [-0.25, -0.2) is 0 Å². The Morgan fingerprint density at radius 3 is 2.70 bits per heavy atom. The molecule has 0 saturated heterocycles. The normalized spacial score (nSPS) is 11.7. The van der Waals surface area contributed by atoms with Crippen molar-refractivity contribution in [1.29, 1.82) is 0 Å². The van der Waals surface area contributed by atoms with E-state index < -0.39 is 0 Å². The monoisotopic (exact) mass is 314 g/mol. The lowest BCUT2D eigenvalue weighted by molar-refractivity contribution is -0.123. The highest BCUT2D eigenvalue weighted by molar-refractivity contribution is 5.77. The highest BCUT2D eigenvalue weighted by atomic mass is 16.5. The first-order valence-electron chi connectivity index (χ1n) is 7.70. The number of hydrogen-bond donors (Lipinski definition) is 2. The van der Waals surface area contributed by atoms with Crippen molar-refractivity contribution in [3.8, 4) is 5.75 Å². The van der Waals surface area contributed by atoms with Gasteiger partial charge in [0.15, 0.2) is 12.4 Å². The number of H-pyrrole nitrogens is 1. The van der Waals surface area contributed by atoms with Crippen LogP contribution in [0.25, 0.3) is 0 Å². The van der Waals surface area contributed by atoms with Crippen LogP contribution in [0.3, 0.4) is 0 Å². The van der Waals surface area contributed by atoms with Crippen LogP contribution < -0.4 is 15.5 Å². The fourth-order valence-electron chi connectivity index (χ4n) is 2.30. The number of nitrogens with one attached hydrogen (secondary N) is 2. The number of pyridine rings is 1. The first-order valence-corrected chi connectivity index (χ1v) is 7.70. The van der Waals surface area contributed by atoms with E-state index in [9.17, 15) is 9.59 Å². The summed E-state index contributed by atoms with van der Waals surface area (Å²) in [7, 11) is 0. The second-order valence-corrected chi connectivity index (χ2v) is 5.58. The van der Waals surface area contributed by atoms with Gasteiger partial charge < -0.3 is 15.0 Å². The van der Waals surface area contributed by atoms with Gasteiger partial charge in [0.05, 0.1) is 5.69 Å². The number of aryl methyl sites for hydroxylation is 2. The Morgan fingerprint density at radius 2 is 2.00 bits per heavy atom. The van der Waals surface area contributed by atoms with Crippen molar-refractivity contribution in [1.82, 2.24) is 10.3 Å². The molecule has 122 valence electrons. The van der Waals surface area contributed by atoms with Gasteiger partial charge >= 0.3 is 0 Å². The van der Waals surface area contributed by atoms with Crippen molar-refractivity contribution in [2.24, 2.45) is 0 Å². The molecule has 1 unspecified atom stereocenters. The number of aromatic amines is 1. The largest absolute Gasteiger partial charge is 0.478 e. The van der Waals surface area contributed by atoms with E-state index in [-0.39, 0.29) is 29.7 Å². The van der Waals surface area contributed by atoms with E-state index in [1.807, 2.05) is 25.1 Å². The SMILES string of the molecule is Cc1[nH]ccc(=O)c1OCC(=O)NC(C)CCc1ccccc1. The van der Waals surface area contributed by atoms with E-state index >= 15 is 0 Å². The number of ether oxygens (including phenoxy) is 1. The minimum absolute atomic E-state index is 0.0430. The molecule has 0 aliphatic rings. The van der Waals surface area contributed by atoms with E-state index in [4.69, 9.17) is 4.74 Å². The van der Waals surface area contributed by atoms with Crippen molar-refractivity contribution >= 4 is 5.91 Å². The molecule has 0 spiro atoms. The molecule has 0 fully saturated rings. The molecule has 2 rings (SSSR count). The minimum Gasteiger partial charge on any atom is -0.478 e. The molecule has 2 aromatic rings. The maximum atomic E-state index is 11.9. The van der Waals surface area contributed by atoms with Crippen molar-refractivity contribution < 1.29 is 9.53 Å². The molecule has 0 aliphatic heterocycles. The van der Waals surface area contributed by atoms with Gasteiger partial charge in [0.2, 0.25) is 5.43 Å². The zero-order valence-electron chi connectivity index (χ0n) is 13.5. The van der Waals surface area contributed by atoms with E-state index in [1.54, 1.807) is 13.1 Å². The van der Waals surface area contributed by atoms with E-state index in [2.05, 4.69) is 22.4 Å². The van der Waals surface area contributed by atoms with Gasteiger partial charge in [-0.15, -0.1) is 0 Å². The fourth-order valence-corrected chi connectivity index (χ4v) is 2.30. The van der Waals surface area contributed by atoms with Gasteiger partial charge in [-0.05, 0) is 32.3 Å². The maximum absolute atomic E-state index is 11.9. The molecule has 23 heavy (non-hydrogen) atoms. The van der Waals surface area contributed by atoms with Gasteiger partial charge in [-0.1, -0.05) is 30.3 Å². The third-order valence-electron chi connectivity index (χ3n) is 3.56. The molecule has 5 nitrogen and oxygen atoms in total. The smallest absolute Gasteiger partial charge is 0.258 e. The lowest BCUT2D eigenvalue weighted by Gasteiger charge is -2.14. The third-order valence-corrected chi connectivity index (χ3v) is 3.56. The summed E-state index contributed by atoms with van der Waals surface area (Å²) >= 11 is 0. The Hall–Kier alpha value is -2.56. The summed E-state index contributed by atoms with van der Waals surface area (Å²) in [5.74, 6) is -0.0344. The average molecular weight is 314 g/mol. The summed E-state index contributed by atoms with van der Waals surface area (Å²) in [5, 5.41) is 2.88. The van der Waals surface area contributed by atoms with Crippen LogP contribution in [0.4, 0.5) is 0 Å². The number of carbonyl (C=O) groups excluding carboxylic acids is 1. The first kappa shape index (κ1) is 16.8. The first-order chi connectivity index (χ1) is 11.1. The highest BCUT2D eigenvalue weighted by Crippen LogP contribution is 2.07. The molecule has 0 aliphatic carbocycles. The second kappa shape index (κ2) is 8.17. The molecule has 1 aromatic heterocycles. The molecule has 0 saturated carbocycles. The number of rotatable bonds is 7. The Balaban J connectivity index is 1.77. The van der Waals surface area contributed by atoms with Crippen molar-refractivity contribution in [3.63, 3.8) is 0 Å². The number of amides is 1. The van der Waals surface area contributed by atoms with Crippen LogP contribution in [0, 0.1) is 6.92 Å². The van der Waals surface area contributed by atoms with Crippen LogP contribution in [0.5, 0.6) is 5.75 Å². The Bertz CT molecular complexity index is 695. The van der Waals surface area contributed by atoms with Gasteiger partial charge in [0, 0.05) is 18.3 Å². The zero-order chi connectivity index (χ0) is 16.7. The summed E-state index contributed by atoms with van der Waals surface area (Å²) in [6.45, 7) is 3.53. The van der Waals surface area contributed by atoms with Crippen molar-refractivity contribution in [2.75, 3.05) is 6.61 Å². The molecule has 5 heteroatoms. The average Bonchev–Trinajstić information content (AvgIpc) is 2.53. The van der Waals surface area contributed by atoms with Gasteiger partial charge in [0.25, 0.3) is 5.91 Å². The van der Waals surface area contributed by atoms with Crippen molar-refractivity contribution in [2.45, 2.75) is 32.7 Å². The third kappa shape index (κ3) is 5.29. The number of carbonyl (C=O) groups is 1. The van der Waals surface area contributed by atoms with Gasteiger partial charge in [-0.2, -0.15) is 0 Å². The van der Waals surface area contributed by atoms with E-state index in [0.29, 0.717) is 5.69 Å². The van der Waals surface area contributed by atoms with Crippen LogP contribution in [0.2, 0.25) is 0 Å². The standard InChI is InChI=1S/C18H22N2O3/c1-13(8-9-15-6-4-3-5-7-15)20-17(22)12-23-18-14(2)19-11-10-16(18)21/h3-7,10-11,13H,8-9,12H2,1-2H3,(H,19,21)(H,20,22). The quantitative estimate of drug-likeness (QED) is 0.823. The summed E-state index contributed by atoms with van der Waals surface area (Å²) in [5.41, 5.74) is 1.63. The molecular weight excluding hydrogens is 292 g/mol. The Labute approximate surface area is 135 Å². The van der Waals surface area contributed by atoms with Crippen LogP contribution >= 0.6 is 0 Å². The predicted octanol–water partition coefficient (Wildman–Crippen LogP) is 2.20. The molecule has 0 bridgehead atoms. The maximum Gasteiger partial charge on any atom is 0.258 e. The van der Waals surface area contributed by atoms with E-state index in [1.165, 1.54) is 11.6 Å². The van der Waals surface area contributed by atoms with E-state index in [0.717, 1.165) is 12.8 Å². The minimum atomic E-state index is -0.230.